The summed E-state index contributed by atoms with van der Waals surface area (Å²) in [4.78, 5) is 61.4. The molecule has 1 aliphatic rings. The first kappa shape index (κ1) is 30.4. The van der Waals surface area contributed by atoms with Crippen molar-refractivity contribution >= 4 is 41.1 Å². The molecule has 35 heavy (non-hydrogen) atoms. The summed E-state index contributed by atoms with van der Waals surface area (Å²) >= 11 is 5.47. The Labute approximate surface area is 207 Å². The molecule has 198 valence electrons. The Morgan fingerprint density at radius 3 is 2.03 bits per heavy atom. The molecular weight excluding hydrogens is 493 g/mol. The number of alkyl halides is 4. The van der Waals surface area contributed by atoms with E-state index in [4.69, 9.17) is 11.6 Å². The summed E-state index contributed by atoms with van der Waals surface area (Å²) < 4.78 is 39.4. The Kier molecular flexibility index (Phi) is 11.7. The third-order valence-electron chi connectivity index (χ3n) is 5.49. The highest BCUT2D eigenvalue weighted by Gasteiger charge is 2.69. The number of allylic oxidation sites excluding steroid dienone is 1. The smallest absolute Gasteiger partial charge is 0.327 e. The molecule has 5 amide bonds. The summed E-state index contributed by atoms with van der Waals surface area (Å²) in [5.74, 6) is -8.03. The van der Waals surface area contributed by atoms with Crippen molar-refractivity contribution in [2.24, 2.45) is 0 Å². The van der Waals surface area contributed by atoms with E-state index in [2.05, 4.69) is 6.92 Å². The van der Waals surface area contributed by atoms with Gasteiger partial charge >= 0.3 is 12.1 Å². The van der Waals surface area contributed by atoms with Crippen LogP contribution in [0.4, 0.5) is 13.2 Å². The van der Waals surface area contributed by atoms with Crippen LogP contribution in [-0.4, -0.2) is 52.8 Å². The zero-order valence-electron chi connectivity index (χ0n) is 19.8. The molecule has 0 aliphatic carbocycles. The van der Waals surface area contributed by atoms with Gasteiger partial charge in [0.1, 0.15) is 5.88 Å². The molecule has 4 N–H and O–H groups in total. The number of imide groups is 1. The van der Waals surface area contributed by atoms with Gasteiger partial charge in [0.2, 0.25) is 17.5 Å². The van der Waals surface area contributed by atoms with Gasteiger partial charge in [-0.3, -0.25) is 29.3 Å². The minimum absolute atomic E-state index is 0.305. The van der Waals surface area contributed by atoms with E-state index < -0.39 is 52.8 Å². The van der Waals surface area contributed by atoms with Crippen LogP contribution in [0.1, 0.15) is 71.6 Å². The Morgan fingerprint density at radius 1 is 0.943 bits per heavy atom. The lowest BCUT2D eigenvalue weighted by molar-refractivity contribution is -0.176. The SMILES string of the molecule is CCCCCCCCCCC=CC1(NC(=O)C(F)(F)F)C(=O)NC(=O)C1(NC(C)=O)NC(=O)CCl. The predicted octanol–water partition coefficient (Wildman–Crippen LogP) is 2.33. The van der Waals surface area contributed by atoms with Gasteiger partial charge < -0.3 is 16.0 Å². The summed E-state index contributed by atoms with van der Waals surface area (Å²) in [7, 11) is 0. The maximum atomic E-state index is 13.1. The summed E-state index contributed by atoms with van der Waals surface area (Å²) in [6, 6.07) is 0. The number of amides is 5. The molecule has 1 fully saturated rings. The third kappa shape index (κ3) is 7.94. The van der Waals surface area contributed by atoms with Crippen molar-refractivity contribution in [3.63, 3.8) is 0 Å². The zero-order valence-corrected chi connectivity index (χ0v) is 20.5. The van der Waals surface area contributed by atoms with E-state index in [0.29, 0.717) is 12.8 Å². The fourth-order valence-electron chi connectivity index (χ4n) is 3.79. The number of halogens is 4. The first-order valence-corrected chi connectivity index (χ1v) is 12.0. The van der Waals surface area contributed by atoms with Gasteiger partial charge in [-0.25, -0.2) is 0 Å². The lowest BCUT2D eigenvalue weighted by atomic mass is 9.83. The molecule has 0 aromatic rings. The van der Waals surface area contributed by atoms with Gasteiger partial charge in [0, 0.05) is 6.92 Å². The Morgan fingerprint density at radius 2 is 1.51 bits per heavy atom. The van der Waals surface area contributed by atoms with Crippen molar-refractivity contribution in [3.05, 3.63) is 12.2 Å². The monoisotopic (exact) mass is 524 g/mol. The molecule has 0 radical (unpaired) electrons. The maximum Gasteiger partial charge on any atom is 0.471 e. The van der Waals surface area contributed by atoms with E-state index in [1.807, 2.05) is 10.6 Å². The van der Waals surface area contributed by atoms with Crippen LogP contribution in [0.3, 0.4) is 0 Å². The molecule has 0 spiro atoms. The van der Waals surface area contributed by atoms with Gasteiger partial charge in [-0.05, 0) is 18.9 Å². The molecule has 13 heteroatoms. The van der Waals surface area contributed by atoms with Crippen LogP contribution in [-0.2, 0) is 24.0 Å². The highest BCUT2D eigenvalue weighted by atomic mass is 35.5. The number of hydrogen-bond acceptors (Lipinski definition) is 5. The van der Waals surface area contributed by atoms with Gasteiger partial charge in [0.05, 0.1) is 0 Å². The zero-order chi connectivity index (χ0) is 26.7. The molecule has 0 saturated carbocycles. The maximum absolute atomic E-state index is 13.1. The summed E-state index contributed by atoms with van der Waals surface area (Å²) in [5.41, 5.74) is -5.58. The van der Waals surface area contributed by atoms with E-state index in [9.17, 15) is 37.1 Å². The minimum atomic E-state index is -5.43. The van der Waals surface area contributed by atoms with Crippen LogP contribution in [0.5, 0.6) is 0 Å². The Bertz CT molecular complexity index is 836. The van der Waals surface area contributed by atoms with Crippen LogP contribution in [0.15, 0.2) is 12.2 Å². The largest absolute Gasteiger partial charge is 0.471 e. The van der Waals surface area contributed by atoms with Gasteiger partial charge in [-0.1, -0.05) is 57.9 Å². The van der Waals surface area contributed by atoms with Crippen molar-refractivity contribution in [1.29, 1.82) is 0 Å². The third-order valence-corrected chi connectivity index (χ3v) is 5.73. The molecule has 1 aliphatic heterocycles. The number of carbonyl (C=O) groups excluding carboxylic acids is 5. The molecule has 0 aromatic carbocycles. The fourth-order valence-corrected chi connectivity index (χ4v) is 3.86. The number of rotatable bonds is 14. The number of nitrogens with one attached hydrogen (secondary N) is 4. The fraction of sp³-hybridized carbons (Fsp3) is 0.682. The van der Waals surface area contributed by atoms with Crippen LogP contribution in [0, 0.1) is 0 Å². The molecule has 1 saturated heterocycles. The highest BCUT2D eigenvalue weighted by Crippen LogP contribution is 2.31. The van der Waals surface area contributed by atoms with E-state index >= 15 is 0 Å². The standard InChI is InChI=1S/C22H32ClF3N4O5/c1-3-4-5-6-7-8-9-10-11-12-13-20(30-19(35)22(24,25)26)17(33)27-18(34)21(20,28-15(2)31)29-16(32)14-23/h12-13H,3-11,14H2,1-2H3,(H,28,31)(H,29,32)(H,30,35)(H,27,33,34). The molecule has 1 rings (SSSR count). The van der Waals surface area contributed by atoms with Gasteiger partial charge in [-0.2, -0.15) is 13.2 Å². The highest BCUT2D eigenvalue weighted by molar-refractivity contribution is 6.28. The second-order valence-electron chi connectivity index (χ2n) is 8.32. The number of hydrogen-bond donors (Lipinski definition) is 4. The van der Waals surface area contributed by atoms with Crippen LogP contribution >= 0.6 is 11.6 Å². The lowest BCUT2D eigenvalue weighted by Gasteiger charge is -2.40. The Hall–Kier alpha value is -2.63. The topological polar surface area (TPSA) is 133 Å². The summed E-state index contributed by atoms with van der Waals surface area (Å²) in [6.07, 6.45) is 5.12. The molecule has 9 nitrogen and oxygen atoms in total. The van der Waals surface area contributed by atoms with Crippen molar-refractivity contribution in [2.75, 3.05) is 5.88 Å². The van der Waals surface area contributed by atoms with E-state index in [1.165, 1.54) is 17.8 Å². The number of carbonyl (C=O) groups is 5. The van der Waals surface area contributed by atoms with E-state index in [-0.39, 0.29) is 0 Å². The average molecular weight is 525 g/mol. The van der Waals surface area contributed by atoms with Gasteiger partial charge in [0.15, 0.2) is 5.54 Å². The Balaban J connectivity index is 3.23. The first-order valence-electron chi connectivity index (χ1n) is 11.4. The van der Waals surface area contributed by atoms with Crippen LogP contribution in [0.25, 0.3) is 0 Å². The second kappa shape index (κ2) is 13.5. The normalized spacial score (nSPS) is 22.2. The van der Waals surface area contributed by atoms with Crippen molar-refractivity contribution in [1.82, 2.24) is 21.3 Å². The van der Waals surface area contributed by atoms with Crippen molar-refractivity contribution < 1.29 is 37.1 Å². The molecular formula is C22H32ClF3N4O5. The molecule has 0 bridgehead atoms. The summed E-state index contributed by atoms with van der Waals surface area (Å²) in [6.45, 7) is 3.04. The minimum Gasteiger partial charge on any atom is -0.327 e. The lowest BCUT2D eigenvalue weighted by Crippen LogP contribution is -2.79. The molecule has 2 unspecified atom stereocenters. The van der Waals surface area contributed by atoms with E-state index in [0.717, 1.165) is 51.5 Å². The van der Waals surface area contributed by atoms with Crippen LogP contribution < -0.4 is 21.3 Å². The van der Waals surface area contributed by atoms with Gasteiger partial charge in [0.25, 0.3) is 11.8 Å². The second-order valence-corrected chi connectivity index (χ2v) is 8.59. The molecule has 2 atom stereocenters. The molecule has 0 aromatic heterocycles. The first-order chi connectivity index (χ1) is 16.4. The number of unbranched alkanes of at least 4 members (excludes halogenated alkanes) is 8. The molecule has 1 heterocycles. The summed E-state index contributed by atoms with van der Waals surface area (Å²) in [5, 5.41) is 7.36. The van der Waals surface area contributed by atoms with Crippen LogP contribution in [0.2, 0.25) is 0 Å². The van der Waals surface area contributed by atoms with Gasteiger partial charge in [-0.15, -0.1) is 11.6 Å². The van der Waals surface area contributed by atoms with Crippen molar-refractivity contribution in [2.45, 2.75) is 89.0 Å². The van der Waals surface area contributed by atoms with Crippen molar-refractivity contribution in [3.8, 4) is 0 Å². The predicted molar refractivity (Wildman–Crippen MR) is 122 cm³/mol. The van der Waals surface area contributed by atoms with E-state index in [1.54, 1.807) is 5.32 Å². The quantitative estimate of drug-likeness (QED) is 0.0910. The average Bonchev–Trinajstić information content (AvgIpc) is 2.94.